The van der Waals surface area contributed by atoms with Crippen LogP contribution in [-0.2, 0) is 11.3 Å². The number of amides is 1. The quantitative estimate of drug-likeness (QED) is 0.838. The number of rotatable bonds is 6. The van der Waals surface area contributed by atoms with Crippen LogP contribution in [-0.4, -0.2) is 42.4 Å². The Morgan fingerprint density at radius 2 is 2.00 bits per heavy atom. The van der Waals surface area contributed by atoms with E-state index in [-0.39, 0.29) is 5.82 Å². The Morgan fingerprint density at radius 1 is 1.30 bits per heavy atom. The lowest BCUT2D eigenvalue weighted by Gasteiger charge is -2.35. The number of likely N-dealkylation sites (tertiary alicyclic amines) is 1. The zero-order chi connectivity index (χ0) is 16.9. The summed E-state index contributed by atoms with van der Waals surface area (Å²) in [6, 6.07) is 5.64. The Hall–Kier alpha value is -1.60. The van der Waals surface area contributed by atoms with Crippen LogP contribution < -0.4 is 11.1 Å². The van der Waals surface area contributed by atoms with Crippen LogP contribution in [0.4, 0.5) is 13.2 Å². The molecule has 1 aromatic rings. The molecule has 1 amide bonds. The van der Waals surface area contributed by atoms with Crippen molar-refractivity contribution in [3.8, 4) is 0 Å². The Balaban J connectivity index is 1.97. The monoisotopic (exact) mass is 329 g/mol. The van der Waals surface area contributed by atoms with Gasteiger partial charge in [-0.25, -0.2) is 13.2 Å². The molecule has 1 heterocycles. The molecule has 0 bridgehead atoms. The highest BCUT2D eigenvalue weighted by molar-refractivity contribution is 5.81. The summed E-state index contributed by atoms with van der Waals surface area (Å²) in [7, 11) is 0. The van der Waals surface area contributed by atoms with Gasteiger partial charge in [-0.1, -0.05) is 18.6 Å². The summed E-state index contributed by atoms with van der Waals surface area (Å²) in [5.41, 5.74) is 5.86. The summed E-state index contributed by atoms with van der Waals surface area (Å²) in [6.45, 7) is -0.338. The van der Waals surface area contributed by atoms with Gasteiger partial charge in [0.05, 0.1) is 19.1 Å². The van der Waals surface area contributed by atoms with Crippen LogP contribution in [0.5, 0.6) is 0 Å². The maximum Gasteiger partial charge on any atom is 0.277 e. The van der Waals surface area contributed by atoms with E-state index in [1.165, 1.54) is 12.1 Å². The first-order valence-corrected chi connectivity index (χ1v) is 7.75. The lowest BCUT2D eigenvalue weighted by molar-refractivity contribution is -0.129. The van der Waals surface area contributed by atoms with Gasteiger partial charge < -0.3 is 11.1 Å². The first-order chi connectivity index (χ1) is 10.9. The molecule has 1 saturated heterocycles. The van der Waals surface area contributed by atoms with E-state index in [9.17, 15) is 18.0 Å². The van der Waals surface area contributed by atoms with E-state index in [2.05, 4.69) is 5.32 Å². The largest absolute Gasteiger partial charge is 0.349 e. The summed E-state index contributed by atoms with van der Waals surface area (Å²) in [5, 5.41) is 2.30. The minimum Gasteiger partial charge on any atom is -0.349 e. The van der Waals surface area contributed by atoms with Crippen molar-refractivity contribution >= 4 is 5.91 Å². The molecule has 1 atom stereocenters. The van der Waals surface area contributed by atoms with E-state index in [0.29, 0.717) is 19.5 Å². The normalized spacial score (nSPS) is 19.6. The number of hydrogen-bond donors (Lipinski definition) is 2. The predicted molar refractivity (Wildman–Crippen MR) is 81.5 cm³/mol. The minimum atomic E-state index is -3.09. The van der Waals surface area contributed by atoms with Crippen molar-refractivity contribution in [2.45, 2.75) is 37.8 Å². The maximum absolute atomic E-state index is 13.2. The van der Waals surface area contributed by atoms with Crippen molar-refractivity contribution in [1.29, 1.82) is 0 Å². The summed E-state index contributed by atoms with van der Waals surface area (Å²) in [4.78, 5) is 14.2. The molecule has 1 unspecified atom stereocenters. The Labute approximate surface area is 133 Å². The number of carbonyl (C=O) groups is 1. The highest BCUT2D eigenvalue weighted by atomic mass is 19.3. The van der Waals surface area contributed by atoms with Crippen molar-refractivity contribution in [3.05, 3.63) is 35.6 Å². The number of nitrogens with zero attached hydrogens (tertiary/aromatic N) is 1. The average Bonchev–Trinajstić information content (AvgIpc) is 2.55. The second-order valence-corrected chi connectivity index (χ2v) is 5.89. The van der Waals surface area contributed by atoms with Gasteiger partial charge in [-0.3, -0.25) is 9.69 Å². The molecule has 0 saturated carbocycles. The van der Waals surface area contributed by atoms with Crippen LogP contribution in [0, 0.1) is 5.82 Å². The highest BCUT2D eigenvalue weighted by Crippen LogP contribution is 2.20. The minimum absolute atomic E-state index is 0.314. The molecule has 0 spiro atoms. The number of benzene rings is 1. The van der Waals surface area contributed by atoms with Crippen LogP contribution in [0.15, 0.2) is 24.3 Å². The smallest absolute Gasteiger partial charge is 0.277 e. The van der Waals surface area contributed by atoms with Gasteiger partial charge in [0.1, 0.15) is 5.82 Å². The first kappa shape index (κ1) is 17.7. The number of hydrogen-bond acceptors (Lipinski definition) is 3. The standard InChI is InChI=1S/C16H22F3N3O/c17-13-6-4-12(5-7-13)9-22-8-2-1-3-14(22)15(23)21-11-16(18,19)10-20/h4-7,14H,1-3,8-11,20H2,(H,21,23). The Bertz CT molecular complexity index is 522. The third-order valence-corrected chi connectivity index (χ3v) is 4.04. The van der Waals surface area contributed by atoms with Crippen molar-refractivity contribution in [1.82, 2.24) is 10.2 Å². The lowest BCUT2D eigenvalue weighted by atomic mass is 10.00. The fourth-order valence-electron chi connectivity index (χ4n) is 2.71. The van der Waals surface area contributed by atoms with E-state index >= 15 is 0 Å². The number of nitrogens with one attached hydrogen (secondary N) is 1. The van der Waals surface area contributed by atoms with Crippen molar-refractivity contribution < 1.29 is 18.0 Å². The maximum atomic E-state index is 13.2. The lowest BCUT2D eigenvalue weighted by Crippen LogP contribution is -2.52. The molecule has 1 aromatic carbocycles. The van der Waals surface area contributed by atoms with Gasteiger partial charge in [0.25, 0.3) is 5.92 Å². The number of nitrogens with two attached hydrogens (primary N) is 1. The van der Waals surface area contributed by atoms with E-state index in [1.54, 1.807) is 12.1 Å². The van der Waals surface area contributed by atoms with E-state index in [0.717, 1.165) is 18.4 Å². The third kappa shape index (κ3) is 5.21. The van der Waals surface area contributed by atoms with Gasteiger partial charge in [-0.05, 0) is 37.1 Å². The molecule has 23 heavy (non-hydrogen) atoms. The first-order valence-electron chi connectivity index (χ1n) is 7.75. The van der Waals surface area contributed by atoms with Crippen molar-refractivity contribution in [3.63, 3.8) is 0 Å². The van der Waals surface area contributed by atoms with Crippen LogP contribution in [0.25, 0.3) is 0 Å². The molecule has 0 aliphatic carbocycles. The molecule has 1 fully saturated rings. The fraction of sp³-hybridized carbons (Fsp3) is 0.562. The van der Waals surface area contributed by atoms with Crippen molar-refractivity contribution in [2.75, 3.05) is 19.6 Å². The van der Waals surface area contributed by atoms with Gasteiger partial charge in [0.2, 0.25) is 5.91 Å². The van der Waals surface area contributed by atoms with Crippen molar-refractivity contribution in [2.24, 2.45) is 5.73 Å². The second-order valence-electron chi connectivity index (χ2n) is 5.89. The molecule has 4 nitrogen and oxygen atoms in total. The summed E-state index contributed by atoms with van der Waals surface area (Å²) < 4.78 is 39.3. The average molecular weight is 329 g/mol. The Morgan fingerprint density at radius 3 is 2.65 bits per heavy atom. The van der Waals surface area contributed by atoms with E-state index in [4.69, 9.17) is 5.73 Å². The molecule has 3 N–H and O–H groups in total. The second kappa shape index (κ2) is 7.79. The number of halogens is 3. The van der Waals surface area contributed by atoms with Crippen LogP contribution >= 0.6 is 0 Å². The molecule has 1 aliphatic heterocycles. The van der Waals surface area contributed by atoms with E-state index in [1.807, 2.05) is 4.90 Å². The Kier molecular flexibility index (Phi) is 6.01. The molecular weight excluding hydrogens is 307 g/mol. The van der Waals surface area contributed by atoms with Gasteiger partial charge in [0, 0.05) is 6.54 Å². The summed E-state index contributed by atoms with van der Waals surface area (Å²) >= 11 is 0. The molecule has 2 rings (SSSR count). The molecule has 0 aromatic heterocycles. The SMILES string of the molecule is NCC(F)(F)CNC(=O)C1CCCCN1Cc1ccc(F)cc1. The molecule has 7 heteroatoms. The summed E-state index contributed by atoms with van der Waals surface area (Å²) in [5.74, 6) is -3.81. The summed E-state index contributed by atoms with van der Waals surface area (Å²) in [6.07, 6.45) is 2.45. The van der Waals surface area contributed by atoms with Crippen LogP contribution in [0.3, 0.4) is 0 Å². The highest BCUT2D eigenvalue weighted by Gasteiger charge is 2.32. The van der Waals surface area contributed by atoms with Crippen LogP contribution in [0.1, 0.15) is 24.8 Å². The molecule has 128 valence electrons. The van der Waals surface area contributed by atoms with Gasteiger partial charge in [-0.15, -0.1) is 0 Å². The fourth-order valence-corrected chi connectivity index (χ4v) is 2.71. The van der Waals surface area contributed by atoms with Gasteiger partial charge in [-0.2, -0.15) is 0 Å². The zero-order valence-electron chi connectivity index (χ0n) is 12.9. The van der Waals surface area contributed by atoms with Gasteiger partial charge in [0.15, 0.2) is 0 Å². The molecular formula is C16H22F3N3O. The topological polar surface area (TPSA) is 58.4 Å². The van der Waals surface area contributed by atoms with Gasteiger partial charge >= 0.3 is 0 Å². The molecule has 1 aliphatic rings. The number of carbonyl (C=O) groups excluding carboxylic acids is 1. The predicted octanol–water partition coefficient (Wildman–Crippen LogP) is 1.89. The zero-order valence-corrected chi connectivity index (χ0v) is 12.9. The van der Waals surface area contributed by atoms with Crippen LogP contribution in [0.2, 0.25) is 0 Å². The number of alkyl halides is 2. The van der Waals surface area contributed by atoms with E-state index < -0.39 is 31.0 Å². The number of piperidine rings is 1. The molecule has 0 radical (unpaired) electrons. The third-order valence-electron chi connectivity index (χ3n) is 4.04.